The van der Waals surface area contributed by atoms with Gasteiger partial charge in [-0.05, 0) is 0 Å². The van der Waals surface area contributed by atoms with E-state index in [-0.39, 0.29) is 51.4 Å². The molecule has 0 amide bonds. The molecule has 0 fully saturated rings. The Kier molecular flexibility index (Phi) is 4.95. The van der Waals surface area contributed by atoms with Crippen molar-refractivity contribution in [1.82, 2.24) is 0 Å². The van der Waals surface area contributed by atoms with Crippen molar-refractivity contribution in [3.8, 4) is 0 Å². The third-order valence-corrected chi connectivity index (χ3v) is 0.538. The SMILES string of the molecule is C1=CN=CC1.[KH]. The van der Waals surface area contributed by atoms with E-state index in [4.69, 9.17) is 0 Å². The van der Waals surface area contributed by atoms with Gasteiger partial charge in [-0.25, -0.2) is 0 Å². The van der Waals surface area contributed by atoms with Gasteiger partial charge in [0, 0.05) is 18.8 Å². The third kappa shape index (κ3) is 2.26. The van der Waals surface area contributed by atoms with Gasteiger partial charge in [-0.15, -0.1) is 0 Å². The van der Waals surface area contributed by atoms with Crippen LogP contribution in [0.15, 0.2) is 17.3 Å². The number of aliphatic imine (C=N–C) groups is 1. The second-order valence-corrected chi connectivity index (χ2v) is 0.952. The predicted molar refractivity (Wildman–Crippen MR) is 29.4 cm³/mol. The molecule has 0 spiro atoms. The van der Waals surface area contributed by atoms with Crippen LogP contribution in [0.25, 0.3) is 0 Å². The van der Waals surface area contributed by atoms with Crippen LogP contribution in [0.1, 0.15) is 6.42 Å². The van der Waals surface area contributed by atoms with Gasteiger partial charge in [-0.3, -0.25) is 4.99 Å². The molecular formula is C4H6KN. The molecule has 1 rings (SSSR count). The average molecular weight is 107 g/mol. The molecule has 0 bridgehead atoms. The first-order chi connectivity index (χ1) is 2.50. The molecule has 1 aliphatic heterocycles. The molecule has 0 saturated heterocycles. The van der Waals surface area contributed by atoms with Crippen molar-refractivity contribution in [3.63, 3.8) is 0 Å². The summed E-state index contributed by atoms with van der Waals surface area (Å²) in [6, 6.07) is 0. The summed E-state index contributed by atoms with van der Waals surface area (Å²) in [6.07, 6.45) is 6.72. The Labute approximate surface area is 80.0 Å². The summed E-state index contributed by atoms with van der Waals surface area (Å²) in [4.78, 5) is 3.78. The van der Waals surface area contributed by atoms with Crippen molar-refractivity contribution in [3.05, 3.63) is 12.3 Å². The van der Waals surface area contributed by atoms with Gasteiger partial charge < -0.3 is 0 Å². The molecule has 2 heteroatoms. The maximum atomic E-state index is 3.78. The van der Waals surface area contributed by atoms with Gasteiger partial charge in [-0.2, -0.15) is 0 Å². The molecule has 0 unspecified atom stereocenters. The van der Waals surface area contributed by atoms with Crippen LogP contribution >= 0.6 is 0 Å². The number of hydrogen-bond donors (Lipinski definition) is 0. The molecule has 1 nitrogen and oxygen atoms in total. The Morgan fingerprint density at radius 3 is 2.50 bits per heavy atom. The number of rotatable bonds is 0. The number of nitrogens with zero attached hydrogens (tertiary/aromatic N) is 1. The Morgan fingerprint density at radius 2 is 2.33 bits per heavy atom. The first-order valence-electron chi connectivity index (χ1n) is 1.67. The average Bonchev–Trinajstić information content (AvgIpc) is 1.76. The van der Waals surface area contributed by atoms with Crippen molar-refractivity contribution in [1.29, 1.82) is 0 Å². The summed E-state index contributed by atoms with van der Waals surface area (Å²) in [5.74, 6) is 0. The zero-order valence-corrected chi connectivity index (χ0v) is 2.89. The molecular weight excluding hydrogens is 101 g/mol. The molecule has 0 radical (unpaired) electrons. The van der Waals surface area contributed by atoms with Crippen LogP contribution in [0, 0.1) is 0 Å². The third-order valence-electron chi connectivity index (χ3n) is 0.538. The summed E-state index contributed by atoms with van der Waals surface area (Å²) in [5, 5.41) is 0. The Morgan fingerprint density at radius 1 is 1.50 bits per heavy atom. The number of allylic oxidation sites excluding steroid dienone is 1. The fraction of sp³-hybridized carbons (Fsp3) is 0.250. The van der Waals surface area contributed by atoms with Gasteiger partial charge in [0.15, 0.2) is 0 Å². The van der Waals surface area contributed by atoms with Crippen LogP contribution in [0.3, 0.4) is 0 Å². The quantitative estimate of drug-likeness (QED) is 0.395. The van der Waals surface area contributed by atoms with Gasteiger partial charge >= 0.3 is 51.4 Å². The molecule has 1 aliphatic rings. The fourth-order valence-corrected chi connectivity index (χ4v) is 0.304. The van der Waals surface area contributed by atoms with E-state index in [2.05, 4.69) is 4.99 Å². The molecule has 0 aromatic rings. The minimum absolute atomic E-state index is 0. The Hall–Kier alpha value is 1.05. The van der Waals surface area contributed by atoms with Crippen LogP contribution in [0.2, 0.25) is 0 Å². The van der Waals surface area contributed by atoms with Gasteiger partial charge in [0.1, 0.15) is 0 Å². The first kappa shape index (κ1) is 7.05. The summed E-state index contributed by atoms with van der Waals surface area (Å²) < 4.78 is 0. The summed E-state index contributed by atoms with van der Waals surface area (Å²) in [6.45, 7) is 0. The monoisotopic (exact) mass is 107 g/mol. The van der Waals surface area contributed by atoms with E-state index in [1.165, 1.54) is 0 Å². The normalized spacial score (nSPS) is 14.7. The predicted octanol–water partition coefficient (Wildman–Crippen LogP) is 0.326. The van der Waals surface area contributed by atoms with E-state index in [0.29, 0.717) is 0 Å². The maximum absolute atomic E-state index is 3.78. The van der Waals surface area contributed by atoms with Crippen molar-refractivity contribution in [2.75, 3.05) is 0 Å². The molecule has 0 aromatic heterocycles. The van der Waals surface area contributed by atoms with Crippen molar-refractivity contribution >= 4 is 57.6 Å². The topological polar surface area (TPSA) is 12.4 Å². The van der Waals surface area contributed by atoms with Gasteiger partial charge in [0.25, 0.3) is 0 Å². The van der Waals surface area contributed by atoms with E-state index >= 15 is 0 Å². The van der Waals surface area contributed by atoms with Crippen LogP contribution in [0.4, 0.5) is 0 Å². The standard InChI is InChI=1S/C4H5N.K.H/c1-2-4-5-3-1;;/h1,3-4H,2H2;;. The van der Waals surface area contributed by atoms with Gasteiger partial charge in [0.2, 0.25) is 0 Å². The van der Waals surface area contributed by atoms with Crippen LogP contribution < -0.4 is 0 Å². The van der Waals surface area contributed by atoms with E-state index < -0.39 is 0 Å². The summed E-state index contributed by atoms with van der Waals surface area (Å²) in [5.41, 5.74) is 0. The Bertz CT molecular complexity index is 65.6. The van der Waals surface area contributed by atoms with Crippen LogP contribution in [-0.4, -0.2) is 57.6 Å². The molecule has 0 N–H and O–H groups in total. The molecule has 1 heterocycles. The van der Waals surface area contributed by atoms with Crippen molar-refractivity contribution < 1.29 is 0 Å². The second kappa shape index (κ2) is 4.21. The van der Waals surface area contributed by atoms with E-state index in [1.807, 2.05) is 12.3 Å². The van der Waals surface area contributed by atoms with Crippen LogP contribution in [0.5, 0.6) is 0 Å². The summed E-state index contributed by atoms with van der Waals surface area (Å²) in [7, 11) is 0. The zero-order valence-electron chi connectivity index (χ0n) is 2.89. The van der Waals surface area contributed by atoms with E-state index in [1.54, 1.807) is 6.20 Å². The van der Waals surface area contributed by atoms with E-state index in [9.17, 15) is 0 Å². The van der Waals surface area contributed by atoms with Crippen molar-refractivity contribution in [2.24, 2.45) is 4.99 Å². The molecule has 0 aliphatic carbocycles. The molecule has 0 aromatic carbocycles. The number of hydrogen-bond acceptors (Lipinski definition) is 1. The van der Waals surface area contributed by atoms with Gasteiger partial charge in [0.05, 0.1) is 0 Å². The minimum atomic E-state index is 0. The van der Waals surface area contributed by atoms with Gasteiger partial charge in [-0.1, -0.05) is 6.08 Å². The molecule has 0 atom stereocenters. The van der Waals surface area contributed by atoms with Crippen molar-refractivity contribution in [2.45, 2.75) is 6.42 Å². The van der Waals surface area contributed by atoms with Crippen LogP contribution in [-0.2, 0) is 0 Å². The zero-order chi connectivity index (χ0) is 3.54. The fourth-order valence-electron chi connectivity index (χ4n) is 0.304. The second-order valence-electron chi connectivity index (χ2n) is 0.952. The molecule has 6 heavy (non-hydrogen) atoms. The first-order valence-corrected chi connectivity index (χ1v) is 1.67. The Balaban J connectivity index is 0.000000250. The molecule has 28 valence electrons. The van der Waals surface area contributed by atoms with E-state index in [0.717, 1.165) is 6.42 Å². The summed E-state index contributed by atoms with van der Waals surface area (Å²) >= 11 is 0. The molecule has 0 saturated carbocycles.